The Bertz CT molecular complexity index is 834. The number of hydrogen-bond acceptors (Lipinski definition) is 5. The maximum atomic E-state index is 12.0. The van der Waals surface area contributed by atoms with Gasteiger partial charge in [0.15, 0.2) is 18.1 Å². The van der Waals surface area contributed by atoms with E-state index < -0.39 is 0 Å². The summed E-state index contributed by atoms with van der Waals surface area (Å²) in [6.45, 7) is 0.359. The van der Waals surface area contributed by atoms with E-state index >= 15 is 0 Å². The number of thiophene rings is 1. The molecule has 25 heavy (non-hydrogen) atoms. The number of para-hydroxylation sites is 2. The average Bonchev–Trinajstić information content (AvgIpc) is 3.20. The number of methoxy groups -OCH3 is 1. The predicted octanol–water partition coefficient (Wildman–Crippen LogP) is 3.51. The topological polar surface area (TPSA) is 60.5 Å². The molecule has 0 radical (unpaired) electrons. The molecular formula is C19H18N2O3S. The van der Waals surface area contributed by atoms with E-state index in [1.165, 1.54) is 0 Å². The van der Waals surface area contributed by atoms with Crippen molar-refractivity contribution in [3.63, 3.8) is 0 Å². The first-order chi connectivity index (χ1) is 12.3. The molecule has 0 aliphatic rings. The minimum atomic E-state index is -0.194. The normalized spacial score (nSPS) is 10.3. The molecule has 1 amide bonds. The van der Waals surface area contributed by atoms with Gasteiger partial charge in [0.25, 0.3) is 5.91 Å². The van der Waals surface area contributed by atoms with Gasteiger partial charge < -0.3 is 14.8 Å². The van der Waals surface area contributed by atoms with Crippen LogP contribution in [0, 0.1) is 0 Å². The minimum absolute atomic E-state index is 0.0662. The maximum Gasteiger partial charge on any atom is 0.258 e. The van der Waals surface area contributed by atoms with Crippen LogP contribution in [0.15, 0.2) is 60.1 Å². The molecule has 2 aromatic heterocycles. The highest BCUT2D eigenvalue weighted by atomic mass is 32.1. The first-order valence-electron chi connectivity index (χ1n) is 7.77. The van der Waals surface area contributed by atoms with E-state index in [-0.39, 0.29) is 12.5 Å². The van der Waals surface area contributed by atoms with Crippen molar-refractivity contribution >= 4 is 17.2 Å². The Balaban J connectivity index is 1.53. The molecule has 1 aromatic carbocycles. The molecule has 0 saturated carbocycles. The van der Waals surface area contributed by atoms with Crippen LogP contribution in [-0.4, -0.2) is 24.6 Å². The molecule has 5 nitrogen and oxygen atoms in total. The number of ether oxygens (including phenoxy) is 2. The fraction of sp³-hybridized carbons (Fsp3) is 0.158. The van der Waals surface area contributed by atoms with Crippen molar-refractivity contribution in [2.75, 3.05) is 13.7 Å². The zero-order chi connectivity index (χ0) is 17.5. The zero-order valence-corrected chi connectivity index (χ0v) is 14.6. The molecule has 3 aromatic rings. The van der Waals surface area contributed by atoms with E-state index in [0.717, 1.165) is 16.1 Å². The highest BCUT2D eigenvalue weighted by molar-refractivity contribution is 7.13. The van der Waals surface area contributed by atoms with Crippen LogP contribution in [-0.2, 0) is 11.3 Å². The zero-order valence-electron chi connectivity index (χ0n) is 13.8. The van der Waals surface area contributed by atoms with E-state index in [0.29, 0.717) is 18.0 Å². The number of carbonyl (C=O) groups excluding carboxylic acids is 1. The highest BCUT2D eigenvalue weighted by Crippen LogP contribution is 2.25. The van der Waals surface area contributed by atoms with Gasteiger partial charge in [0, 0.05) is 12.7 Å². The molecule has 3 rings (SSSR count). The van der Waals surface area contributed by atoms with Crippen molar-refractivity contribution in [2.24, 2.45) is 0 Å². The lowest BCUT2D eigenvalue weighted by Crippen LogP contribution is -2.28. The summed E-state index contributed by atoms with van der Waals surface area (Å²) in [7, 11) is 1.57. The number of amides is 1. The largest absolute Gasteiger partial charge is 0.493 e. The number of pyridine rings is 1. The fourth-order valence-electron chi connectivity index (χ4n) is 2.28. The molecule has 128 valence electrons. The lowest BCUT2D eigenvalue weighted by molar-refractivity contribution is -0.123. The van der Waals surface area contributed by atoms with Crippen LogP contribution in [0.5, 0.6) is 11.5 Å². The Kier molecular flexibility index (Phi) is 5.64. The number of hydrogen-bond donors (Lipinski definition) is 1. The van der Waals surface area contributed by atoms with Gasteiger partial charge >= 0.3 is 0 Å². The Labute approximate surface area is 150 Å². The molecule has 0 spiro atoms. The molecule has 0 bridgehead atoms. The third-order valence-electron chi connectivity index (χ3n) is 3.52. The number of carbonyl (C=O) groups is 1. The Morgan fingerprint density at radius 2 is 2.00 bits per heavy atom. The lowest BCUT2D eigenvalue weighted by atomic mass is 10.2. The molecular weight excluding hydrogens is 336 g/mol. The van der Waals surface area contributed by atoms with Crippen molar-refractivity contribution in [1.82, 2.24) is 10.3 Å². The monoisotopic (exact) mass is 354 g/mol. The quantitative estimate of drug-likeness (QED) is 0.705. The number of nitrogens with one attached hydrogen (secondary N) is 1. The van der Waals surface area contributed by atoms with Crippen molar-refractivity contribution in [3.05, 3.63) is 65.7 Å². The van der Waals surface area contributed by atoms with Gasteiger partial charge in [0.1, 0.15) is 0 Å². The lowest BCUT2D eigenvalue weighted by Gasteiger charge is -2.10. The van der Waals surface area contributed by atoms with E-state index in [4.69, 9.17) is 9.47 Å². The number of nitrogens with zero attached hydrogens (tertiary/aromatic N) is 1. The summed E-state index contributed by atoms with van der Waals surface area (Å²) in [4.78, 5) is 17.5. The summed E-state index contributed by atoms with van der Waals surface area (Å²) in [5.74, 6) is 0.953. The fourth-order valence-corrected chi connectivity index (χ4v) is 2.97. The highest BCUT2D eigenvalue weighted by Gasteiger charge is 2.07. The summed E-state index contributed by atoms with van der Waals surface area (Å²) in [5, 5.41) is 4.86. The molecule has 0 saturated heterocycles. The van der Waals surface area contributed by atoms with Gasteiger partial charge in [-0.15, -0.1) is 11.3 Å². The predicted molar refractivity (Wildman–Crippen MR) is 97.9 cm³/mol. The SMILES string of the molecule is COc1ccccc1OCC(=O)NCc1ccnc(-c2cccs2)c1. The van der Waals surface area contributed by atoms with Crippen molar-refractivity contribution < 1.29 is 14.3 Å². The molecule has 0 aliphatic heterocycles. The van der Waals surface area contributed by atoms with Gasteiger partial charge in [-0.3, -0.25) is 9.78 Å². The second-order valence-corrected chi connectivity index (χ2v) is 6.19. The van der Waals surface area contributed by atoms with Gasteiger partial charge in [-0.1, -0.05) is 18.2 Å². The maximum absolute atomic E-state index is 12.0. The van der Waals surface area contributed by atoms with Gasteiger partial charge in [-0.05, 0) is 41.3 Å². The molecule has 2 heterocycles. The number of benzene rings is 1. The second kappa shape index (κ2) is 8.30. The summed E-state index contributed by atoms with van der Waals surface area (Å²) in [6, 6.07) is 15.1. The summed E-state index contributed by atoms with van der Waals surface area (Å²) >= 11 is 1.64. The Hall–Kier alpha value is -2.86. The van der Waals surface area contributed by atoms with Crippen LogP contribution in [0.3, 0.4) is 0 Å². The van der Waals surface area contributed by atoms with Crippen LogP contribution in [0.4, 0.5) is 0 Å². The molecule has 1 N–H and O–H groups in total. The van der Waals surface area contributed by atoms with Crippen LogP contribution < -0.4 is 14.8 Å². The van der Waals surface area contributed by atoms with Gasteiger partial charge in [-0.2, -0.15) is 0 Å². The third-order valence-corrected chi connectivity index (χ3v) is 4.41. The van der Waals surface area contributed by atoms with E-state index in [9.17, 15) is 4.79 Å². The number of aromatic nitrogens is 1. The Morgan fingerprint density at radius 3 is 2.76 bits per heavy atom. The summed E-state index contributed by atoms with van der Waals surface area (Å²) in [6.07, 6.45) is 1.75. The van der Waals surface area contributed by atoms with Crippen molar-refractivity contribution in [2.45, 2.75) is 6.54 Å². The van der Waals surface area contributed by atoms with Crippen molar-refractivity contribution in [1.29, 1.82) is 0 Å². The van der Waals surface area contributed by atoms with Gasteiger partial charge in [0.2, 0.25) is 0 Å². The molecule has 0 aliphatic carbocycles. The van der Waals surface area contributed by atoms with Gasteiger partial charge in [-0.25, -0.2) is 0 Å². The first-order valence-corrected chi connectivity index (χ1v) is 8.65. The van der Waals surface area contributed by atoms with Crippen LogP contribution in [0.2, 0.25) is 0 Å². The standard InChI is InChI=1S/C19H18N2O3S/c1-23-16-5-2-3-6-17(16)24-13-19(22)21-12-14-8-9-20-15(11-14)18-7-4-10-25-18/h2-11H,12-13H2,1H3,(H,21,22). The number of rotatable bonds is 7. The van der Waals surface area contributed by atoms with Crippen molar-refractivity contribution in [3.8, 4) is 22.1 Å². The Morgan fingerprint density at radius 1 is 1.16 bits per heavy atom. The smallest absolute Gasteiger partial charge is 0.258 e. The summed E-state index contributed by atoms with van der Waals surface area (Å²) < 4.78 is 10.7. The molecule has 0 atom stereocenters. The summed E-state index contributed by atoms with van der Waals surface area (Å²) in [5.41, 5.74) is 1.90. The first kappa shape index (κ1) is 17.0. The minimum Gasteiger partial charge on any atom is -0.493 e. The second-order valence-electron chi connectivity index (χ2n) is 5.24. The molecule has 0 fully saturated rings. The van der Waals surface area contributed by atoms with Crippen LogP contribution in [0.1, 0.15) is 5.56 Å². The average molecular weight is 354 g/mol. The van der Waals surface area contributed by atoms with Crippen LogP contribution >= 0.6 is 11.3 Å². The third kappa shape index (κ3) is 4.58. The van der Waals surface area contributed by atoms with Crippen LogP contribution in [0.25, 0.3) is 10.6 Å². The van der Waals surface area contributed by atoms with E-state index in [2.05, 4.69) is 10.3 Å². The van der Waals surface area contributed by atoms with E-state index in [1.807, 2.05) is 41.8 Å². The molecule has 6 heteroatoms. The van der Waals surface area contributed by atoms with E-state index in [1.54, 1.807) is 36.8 Å². The van der Waals surface area contributed by atoms with Gasteiger partial charge in [0.05, 0.1) is 17.7 Å². The molecule has 0 unspecified atom stereocenters.